The molecule has 3 atom stereocenters. The lowest BCUT2D eigenvalue weighted by molar-refractivity contribution is -0.528. The summed E-state index contributed by atoms with van der Waals surface area (Å²) < 4.78 is 5.79. The minimum atomic E-state index is -0.645. The SMILES string of the molecule is CN1CC(c2ccccc2)[C@@H]([N+](=O)[O-])[C@@H]1COCc1ccccc1. The fourth-order valence-electron chi connectivity index (χ4n) is 3.47. The molecule has 0 aromatic heterocycles. The van der Waals surface area contributed by atoms with Gasteiger partial charge in [0.25, 0.3) is 0 Å². The van der Waals surface area contributed by atoms with Crippen LogP contribution in [-0.4, -0.2) is 42.1 Å². The number of ether oxygens (including phenoxy) is 1. The molecule has 0 saturated carbocycles. The van der Waals surface area contributed by atoms with Crippen LogP contribution in [-0.2, 0) is 11.3 Å². The molecule has 2 aromatic carbocycles. The van der Waals surface area contributed by atoms with E-state index in [2.05, 4.69) is 4.90 Å². The summed E-state index contributed by atoms with van der Waals surface area (Å²) in [5.41, 5.74) is 2.10. The van der Waals surface area contributed by atoms with Crippen LogP contribution in [0.25, 0.3) is 0 Å². The van der Waals surface area contributed by atoms with Gasteiger partial charge in [-0.05, 0) is 18.2 Å². The van der Waals surface area contributed by atoms with E-state index in [9.17, 15) is 10.1 Å². The van der Waals surface area contributed by atoms with Gasteiger partial charge in [-0.2, -0.15) is 0 Å². The van der Waals surface area contributed by atoms with E-state index in [4.69, 9.17) is 4.74 Å². The van der Waals surface area contributed by atoms with Crippen LogP contribution in [0.3, 0.4) is 0 Å². The molecule has 1 aliphatic rings. The van der Waals surface area contributed by atoms with Gasteiger partial charge in [-0.15, -0.1) is 0 Å². The monoisotopic (exact) mass is 326 g/mol. The fraction of sp³-hybridized carbons (Fsp3) is 0.368. The van der Waals surface area contributed by atoms with Crippen molar-refractivity contribution in [2.45, 2.75) is 24.6 Å². The van der Waals surface area contributed by atoms with Gasteiger partial charge in [0.05, 0.1) is 19.1 Å². The first-order valence-corrected chi connectivity index (χ1v) is 8.17. The number of likely N-dealkylation sites (N-methyl/N-ethyl adjacent to an activating group) is 1. The van der Waals surface area contributed by atoms with Crippen molar-refractivity contribution in [1.82, 2.24) is 4.90 Å². The van der Waals surface area contributed by atoms with E-state index in [0.29, 0.717) is 19.8 Å². The van der Waals surface area contributed by atoms with Crippen molar-refractivity contribution >= 4 is 0 Å². The molecule has 5 heteroatoms. The van der Waals surface area contributed by atoms with Crippen LogP contribution in [0.1, 0.15) is 17.0 Å². The lowest BCUT2D eigenvalue weighted by Crippen LogP contribution is -2.41. The van der Waals surface area contributed by atoms with Crippen molar-refractivity contribution in [3.05, 3.63) is 81.9 Å². The summed E-state index contributed by atoms with van der Waals surface area (Å²) in [6.45, 7) is 1.51. The van der Waals surface area contributed by atoms with Crippen molar-refractivity contribution in [1.29, 1.82) is 0 Å². The summed E-state index contributed by atoms with van der Waals surface area (Å²) in [6.07, 6.45) is 0. The zero-order chi connectivity index (χ0) is 16.9. The van der Waals surface area contributed by atoms with E-state index >= 15 is 0 Å². The summed E-state index contributed by atoms with van der Waals surface area (Å²) >= 11 is 0. The predicted molar refractivity (Wildman–Crippen MR) is 92.5 cm³/mol. The first-order valence-electron chi connectivity index (χ1n) is 8.17. The number of nitrogens with zero attached hydrogens (tertiary/aromatic N) is 2. The van der Waals surface area contributed by atoms with Gasteiger partial charge in [0.15, 0.2) is 0 Å². The Morgan fingerprint density at radius 1 is 1.12 bits per heavy atom. The molecule has 2 aromatic rings. The van der Waals surface area contributed by atoms with E-state index in [0.717, 1.165) is 11.1 Å². The molecule has 0 bridgehead atoms. The molecule has 0 spiro atoms. The number of hydrogen-bond donors (Lipinski definition) is 0. The van der Waals surface area contributed by atoms with Gasteiger partial charge >= 0.3 is 0 Å². The highest BCUT2D eigenvalue weighted by atomic mass is 16.6. The van der Waals surface area contributed by atoms with Crippen LogP contribution in [0.2, 0.25) is 0 Å². The molecule has 1 saturated heterocycles. The maximum absolute atomic E-state index is 11.7. The van der Waals surface area contributed by atoms with Crippen LogP contribution in [0, 0.1) is 10.1 Å². The molecule has 0 radical (unpaired) electrons. The third-order valence-corrected chi connectivity index (χ3v) is 4.73. The molecular weight excluding hydrogens is 304 g/mol. The average molecular weight is 326 g/mol. The highest BCUT2D eigenvalue weighted by molar-refractivity contribution is 5.24. The minimum Gasteiger partial charge on any atom is -0.375 e. The Morgan fingerprint density at radius 3 is 2.38 bits per heavy atom. The number of rotatable bonds is 6. The Labute approximate surface area is 142 Å². The van der Waals surface area contributed by atoms with E-state index in [1.54, 1.807) is 0 Å². The Bertz CT molecular complexity index is 663. The Hall–Kier alpha value is -2.24. The molecule has 0 amide bonds. The zero-order valence-corrected chi connectivity index (χ0v) is 13.7. The molecule has 126 valence electrons. The molecule has 0 aliphatic carbocycles. The summed E-state index contributed by atoms with van der Waals surface area (Å²) in [7, 11) is 1.94. The summed E-state index contributed by atoms with van der Waals surface area (Å²) in [5.74, 6) is -0.100. The Balaban J connectivity index is 1.68. The molecule has 1 fully saturated rings. The summed E-state index contributed by atoms with van der Waals surface area (Å²) in [6, 6.07) is 18.8. The second kappa shape index (κ2) is 7.55. The molecule has 1 aliphatic heterocycles. The lowest BCUT2D eigenvalue weighted by atomic mass is 9.92. The van der Waals surface area contributed by atoms with E-state index in [1.165, 1.54) is 0 Å². The molecule has 1 unspecified atom stereocenters. The fourth-order valence-corrected chi connectivity index (χ4v) is 3.47. The number of hydrogen-bond acceptors (Lipinski definition) is 4. The normalized spacial score (nSPS) is 24.1. The summed E-state index contributed by atoms with van der Waals surface area (Å²) in [4.78, 5) is 13.6. The number of nitro groups is 1. The van der Waals surface area contributed by atoms with Gasteiger partial charge in [-0.1, -0.05) is 60.7 Å². The second-order valence-electron chi connectivity index (χ2n) is 6.30. The van der Waals surface area contributed by atoms with Crippen molar-refractivity contribution in [2.75, 3.05) is 20.2 Å². The topological polar surface area (TPSA) is 55.6 Å². The maximum atomic E-state index is 11.7. The van der Waals surface area contributed by atoms with Gasteiger partial charge < -0.3 is 4.74 Å². The highest BCUT2D eigenvalue weighted by Gasteiger charge is 2.48. The molecule has 5 nitrogen and oxygen atoms in total. The maximum Gasteiger partial charge on any atom is 0.238 e. The van der Waals surface area contributed by atoms with Crippen LogP contribution in [0.5, 0.6) is 0 Å². The van der Waals surface area contributed by atoms with Crippen molar-refractivity contribution < 1.29 is 9.66 Å². The largest absolute Gasteiger partial charge is 0.375 e. The molecular formula is C19H22N2O3. The molecule has 3 rings (SSSR count). The van der Waals surface area contributed by atoms with Crippen LogP contribution in [0.15, 0.2) is 60.7 Å². The third-order valence-electron chi connectivity index (χ3n) is 4.73. The standard InChI is InChI=1S/C19H22N2O3/c1-20-12-17(16-10-6-3-7-11-16)19(21(22)23)18(20)14-24-13-15-8-4-2-5-9-15/h2-11,17-19H,12-14H2,1H3/t17?,18-,19+/m0/s1. The van der Waals surface area contributed by atoms with Gasteiger partial charge in [-0.3, -0.25) is 15.0 Å². The van der Waals surface area contributed by atoms with Crippen molar-refractivity contribution in [3.63, 3.8) is 0 Å². The van der Waals surface area contributed by atoms with E-state index in [-0.39, 0.29) is 16.9 Å². The molecule has 1 heterocycles. The van der Waals surface area contributed by atoms with E-state index < -0.39 is 6.04 Å². The summed E-state index contributed by atoms with van der Waals surface area (Å²) in [5, 5.41) is 11.7. The average Bonchev–Trinajstić information content (AvgIpc) is 2.94. The second-order valence-corrected chi connectivity index (χ2v) is 6.30. The predicted octanol–water partition coefficient (Wildman–Crippen LogP) is 2.95. The number of likely N-dealkylation sites (tertiary alicyclic amines) is 1. The third kappa shape index (κ3) is 3.63. The number of benzene rings is 2. The van der Waals surface area contributed by atoms with Crippen molar-refractivity contribution in [2.24, 2.45) is 0 Å². The van der Waals surface area contributed by atoms with Gasteiger partial charge in [0, 0.05) is 11.5 Å². The Kier molecular flexibility index (Phi) is 5.23. The Morgan fingerprint density at radius 2 is 1.75 bits per heavy atom. The van der Waals surface area contributed by atoms with E-state index in [1.807, 2.05) is 67.7 Å². The first kappa shape index (κ1) is 16.6. The quantitative estimate of drug-likeness (QED) is 0.605. The van der Waals surface area contributed by atoms with Gasteiger partial charge in [0.1, 0.15) is 6.04 Å². The van der Waals surface area contributed by atoms with Gasteiger partial charge in [-0.25, -0.2) is 0 Å². The zero-order valence-electron chi connectivity index (χ0n) is 13.7. The molecule has 24 heavy (non-hydrogen) atoms. The molecule has 0 N–H and O–H groups in total. The van der Waals surface area contributed by atoms with Crippen LogP contribution in [0.4, 0.5) is 0 Å². The van der Waals surface area contributed by atoms with Gasteiger partial charge in [0.2, 0.25) is 6.04 Å². The first-order chi connectivity index (χ1) is 11.7. The minimum absolute atomic E-state index is 0.100. The highest BCUT2D eigenvalue weighted by Crippen LogP contribution is 2.33. The smallest absolute Gasteiger partial charge is 0.238 e. The van der Waals surface area contributed by atoms with Crippen LogP contribution >= 0.6 is 0 Å². The van der Waals surface area contributed by atoms with Crippen LogP contribution < -0.4 is 0 Å². The lowest BCUT2D eigenvalue weighted by Gasteiger charge is -2.20. The van der Waals surface area contributed by atoms with Crippen molar-refractivity contribution in [3.8, 4) is 0 Å².